The lowest BCUT2D eigenvalue weighted by atomic mass is 10.0. The van der Waals surface area contributed by atoms with Crippen LogP contribution in [0.15, 0.2) is 35.4 Å². The Morgan fingerprint density at radius 2 is 0.500 bits per heavy atom. The van der Waals surface area contributed by atoms with Gasteiger partial charge < -0.3 is 17.7 Å². The van der Waals surface area contributed by atoms with Crippen LogP contribution in [0.2, 0.25) is 66.5 Å². The van der Waals surface area contributed by atoms with Gasteiger partial charge in [0.1, 0.15) is 23.0 Å². The highest BCUT2D eigenvalue weighted by molar-refractivity contribution is 6.80. The number of hydrogen-bond donors (Lipinski definition) is 0. The molecular weight excluding hydrogens is 849 g/mol. The van der Waals surface area contributed by atoms with Gasteiger partial charge in [0.25, 0.3) is 33.3 Å². The monoisotopic (exact) mass is 947 g/mol. The third-order valence-electron chi connectivity index (χ3n) is 16.8. The molecule has 0 bridgehead atoms. The molecule has 2 aliphatic rings. The van der Waals surface area contributed by atoms with Gasteiger partial charge >= 0.3 is 0 Å². The van der Waals surface area contributed by atoms with Crippen LogP contribution in [0.3, 0.4) is 0 Å². The van der Waals surface area contributed by atoms with E-state index < -0.39 is 33.3 Å². The minimum atomic E-state index is -2.20. The molecule has 4 nitrogen and oxygen atoms in total. The molecule has 8 heteroatoms. The van der Waals surface area contributed by atoms with Crippen LogP contribution in [0, 0.1) is 0 Å². The standard InChI is InChI=1S/C56H98O4Si4/c1-35(2)61(36(3)4,37(5)6)57-53-27-28-54(58-62(38(7)8,39(9)10)40(11)12)50-32-47(31-49(50)53)25-26-48-33-51-52(34-48)56(60-64(44(19)20,45(21)22)46(23)24)30-29-55(51)59-63(41(13)14,42(15)16)43(17)18/h27-31,33,35-46H,25-26,32,34H2,1-24H3. The van der Waals surface area contributed by atoms with Crippen molar-refractivity contribution >= 4 is 45.4 Å². The topological polar surface area (TPSA) is 36.9 Å². The zero-order chi connectivity index (χ0) is 48.6. The van der Waals surface area contributed by atoms with Crippen LogP contribution < -0.4 is 17.7 Å². The van der Waals surface area contributed by atoms with Gasteiger partial charge in [-0.05, 0) is 116 Å². The summed E-state index contributed by atoms with van der Waals surface area (Å²) in [6.45, 7) is 57.5. The second-order valence-electron chi connectivity index (χ2n) is 24.0. The maximum Gasteiger partial charge on any atom is 0.258 e. The first-order valence-corrected chi connectivity index (χ1v) is 34.6. The van der Waals surface area contributed by atoms with Crippen molar-refractivity contribution in [2.45, 2.75) is 258 Å². The van der Waals surface area contributed by atoms with Gasteiger partial charge in [-0.2, -0.15) is 0 Å². The molecule has 0 amide bonds. The summed E-state index contributed by atoms with van der Waals surface area (Å²) in [5.74, 6) is 4.34. The molecule has 2 aromatic carbocycles. The molecule has 0 unspecified atom stereocenters. The molecule has 0 atom stereocenters. The normalized spacial score (nSPS) is 15.2. The Balaban J connectivity index is 1.83. The molecule has 0 radical (unpaired) electrons. The van der Waals surface area contributed by atoms with Crippen molar-refractivity contribution in [2.24, 2.45) is 0 Å². The van der Waals surface area contributed by atoms with Gasteiger partial charge in [-0.25, -0.2) is 0 Å². The molecule has 0 N–H and O–H groups in total. The van der Waals surface area contributed by atoms with Gasteiger partial charge in [0.15, 0.2) is 0 Å². The molecule has 0 saturated heterocycles. The Labute approximate surface area is 400 Å². The molecule has 0 fully saturated rings. The number of allylic oxidation sites excluding steroid dienone is 2. The third kappa shape index (κ3) is 9.93. The van der Waals surface area contributed by atoms with Crippen LogP contribution in [0.1, 0.15) is 201 Å². The molecule has 362 valence electrons. The van der Waals surface area contributed by atoms with E-state index >= 15 is 0 Å². The number of benzene rings is 2. The molecular formula is C56H98O4Si4. The average molecular weight is 948 g/mol. The van der Waals surface area contributed by atoms with Crippen molar-refractivity contribution in [3.8, 4) is 23.0 Å². The van der Waals surface area contributed by atoms with E-state index in [0.29, 0.717) is 66.5 Å². The molecule has 0 heterocycles. The van der Waals surface area contributed by atoms with Gasteiger partial charge in [0.2, 0.25) is 0 Å². The van der Waals surface area contributed by atoms with Gasteiger partial charge in [-0.1, -0.05) is 189 Å². The lowest BCUT2D eigenvalue weighted by Crippen LogP contribution is -2.51. The van der Waals surface area contributed by atoms with Crippen molar-refractivity contribution in [3.05, 3.63) is 57.7 Å². The van der Waals surface area contributed by atoms with Crippen LogP contribution in [0.4, 0.5) is 0 Å². The average Bonchev–Trinajstić information content (AvgIpc) is 3.81. The van der Waals surface area contributed by atoms with E-state index in [1.807, 2.05) is 0 Å². The molecule has 2 aliphatic carbocycles. The largest absolute Gasteiger partial charge is 0.542 e. The molecule has 0 spiro atoms. The summed E-state index contributed by atoms with van der Waals surface area (Å²) in [5, 5.41) is 0. The summed E-state index contributed by atoms with van der Waals surface area (Å²) >= 11 is 0. The number of hydrogen-bond acceptors (Lipinski definition) is 4. The fourth-order valence-corrected chi connectivity index (χ4v) is 35.2. The Morgan fingerprint density at radius 3 is 0.703 bits per heavy atom. The molecule has 0 aliphatic heterocycles. The molecule has 2 aromatic rings. The van der Waals surface area contributed by atoms with Crippen molar-refractivity contribution in [1.29, 1.82) is 0 Å². The van der Waals surface area contributed by atoms with E-state index in [1.165, 1.54) is 33.4 Å². The summed E-state index contributed by atoms with van der Waals surface area (Å²) in [6, 6.07) is 9.16. The van der Waals surface area contributed by atoms with Gasteiger partial charge in [-0.3, -0.25) is 0 Å². The van der Waals surface area contributed by atoms with Crippen molar-refractivity contribution in [1.82, 2.24) is 0 Å². The van der Waals surface area contributed by atoms with Crippen LogP contribution >= 0.6 is 0 Å². The second-order valence-corrected chi connectivity index (χ2v) is 45.5. The lowest BCUT2D eigenvalue weighted by Gasteiger charge is -2.43. The molecule has 0 aromatic heterocycles. The number of fused-ring (bicyclic) bond motifs is 2. The van der Waals surface area contributed by atoms with Crippen molar-refractivity contribution in [3.63, 3.8) is 0 Å². The minimum Gasteiger partial charge on any atom is -0.542 e. The zero-order valence-electron chi connectivity index (χ0n) is 45.9. The van der Waals surface area contributed by atoms with E-state index in [4.69, 9.17) is 17.7 Å². The van der Waals surface area contributed by atoms with E-state index in [9.17, 15) is 0 Å². The van der Waals surface area contributed by atoms with Crippen molar-refractivity contribution in [2.75, 3.05) is 0 Å². The van der Waals surface area contributed by atoms with E-state index in [2.05, 4.69) is 203 Å². The fourth-order valence-electron chi connectivity index (χ4n) is 14.1. The predicted octanol–water partition coefficient (Wildman–Crippen LogP) is 19.3. The highest BCUT2D eigenvalue weighted by Gasteiger charge is 2.51. The minimum absolute atomic E-state index is 0.495. The van der Waals surface area contributed by atoms with Gasteiger partial charge in [0, 0.05) is 22.3 Å². The van der Waals surface area contributed by atoms with Crippen LogP contribution in [-0.4, -0.2) is 33.3 Å². The van der Waals surface area contributed by atoms with Crippen molar-refractivity contribution < 1.29 is 17.7 Å². The quantitative estimate of drug-likeness (QED) is 0.104. The highest BCUT2D eigenvalue weighted by atomic mass is 28.4. The Bertz CT molecular complexity index is 1720. The summed E-state index contributed by atoms with van der Waals surface area (Å²) in [7, 11) is -8.81. The molecule has 64 heavy (non-hydrogen) atoms. The van der Waals surface area contributed by atoms with Gasteiger partial charge in [-0.15, -0.1) is 0 Å². The predicted molar refractivity (Wildman–Crippen MR) is 292 cm³/mol. The first-order valence-electron chi connectivity index (χ1n) is 26.1. The van der Waals surface area contributed by atoms with E-state index in [0.717, 1.165) is 48.7 Å². The maximum atomic E-state index is 7.56. The summed E-state index contributed by atoms with van der Waals surface area (Å²) in [4.78, 5) is 0. The highest BCUT2D eigenvalue weighted by Crippen LogP contribution is 2.52. The zero-order valence-corrected chi connectivity index (χ0v) is 49.9. The Kier molecular flexibility index (Phi) is 18.0. The van der Waals surface area contributed by atoms with Gasteiger partial charge in [0.05, 0.1) is 0 Å². The first kappa shape index (κ1) is 54.6. The molecule has 0 saturated carbocycles. The van der Waals surface area contributed by atoms with Crippen LogP contribution in [0.25, 0.3) is 12.2 Å². The third-order valence-corrected chi connectivity index (χ3v) is 40.7. The fraction of sp³-hybridized carbons (Fsp3) is 0.714. The van der Waals surface area contributed by atoms with Crippen LogP contribution in [0.5, 0.6) is 23.0 Å². The Hall–Kier alpha value is -2.01. The first-order chi connectivity index (χ1) is 29.6. The van der Waals surface area contributed by atoms with E-state index in [1.54, 1.807) is 0 Å². The maximum absolute atomic E-state index is 7.56. The van der Waals surface area contributed by atoms with Crippen LogP contribution in [-0.2, 0) is 12.8 Å². The summed E-state index contributed by atoms with van der Waals surface area (Å²) in [6.07, 6.45) is 8.86. The SMILES string of the molecule is CC(C)[Si](Oc1ccc(O[Si](C(C)C)(C(C)C)C(C)C)c2c1C=C(CCC1=Cc3c(O[Si](C(C)C)(C(C)C)C(C)C)ccc(O[Si](C(C)C)(C(C)C)C(C)C)c3C1)C2)(C(C)C)C(C)C. The summed E-state index contributed by atoms with van der Waals surface area (Å²) in [5.41, 5.74) is 14.2. The second kappa shape index (κ2) is 21.1. The molecule has 4 rings (SSSR count). The smallest absolute Gasteiger partial charge is 0.258 e. The summed E-state index contributed by atoms with van der Waals surface area (Å²) < 4.78 is 30.2. The van der Waals surface area contributed by atoms with E-state index in [-0.39, 0.29) is 0 Å². The number of rotatable bonds is 23. The Morgan fingerprint density at radius 1 is 0.312 bits per heavy atom. The lowest BCUT2D eigenvalue weighted by molar-refractivity contribution is 0.465.